The zero-order chi connectivity index (χ0) is 15.4. The van der Waals surface area contributed by atoms with Gasteiger partial charge in [0.15, 0.2) is 0 Å². The summed E-state index contributed by atoms with van der Waals surface area (Å²) in [6, 6.07) is -0.912. The summed E-state index contributed by atoms with van der Waals surface area (Å²) in [5, 5.41) is 5.24. The molecule has 1 amide bonds. The molecule has 0 aromatic carbocycles. The molecule has 0 aliphatic carbocycles. The molecule has 20 heavy (non-hydrogen) atoms. The highest BCUT2D eigenvalue weighted by Gasteiger charge is 2.36. The van der Waals surface area contributed by atoms with Gasteiger partial charge >= 0.3 is 6.18 Å². The van der Waals surface area contributed by atoms with Crippen molar-refractivity contribution in [3.63, 3.8) is 0 Å². The normalized spacial score (nSPS) is 21.7. The van der Waals surface area contributed by atoms with Crippen LogP contribution in [0.3, 0.4) is 0 Å². The molecular weight excluding hydrogens is 299 g/mol. The van der Waals surface area contributed by atoms with E-state index in [9.17, 15) is 26.4 Å². The number of nitrogens with zero attached hydrogens (tertiary/aromatic N) is 1. The smallest absolute Gasteiger partial charge is 0.358 e. The summed E-state index contributed by atoms with van der Waals surface area (Å²) >= 11 is 0. The summed E-state index contributed by atoms with van der Waals surface area (Å²) in [7, 11) is -2.50. The predicted octanol–water partition coefficient (Wildman–Crippen LogP) is -0.321. The van der Waals surface area contributed by atoms with Crippen LogP contribution in [0.15, 0.2) is 0 Å². The second-order valence-corrected chi connectivity index (χ2v) is 6.52. The zero-order valence-electron chi connectivity index (χ0n) is 11.0. The predicted molar refractivity (Wildman–Crippen MR) is 66.5 cm³/mol. The van der Waals surface area contributed by atoms with Gasteiger partial charge in [0.1, 0.15) is 6.04 Å². The lowest BCUT2D eigenvalue weighted by Crippen LogP contribution is -2.59. The van der Waals surface area contributed by atoms with Gasteiger partial charge in [0.25, 0.3) is 0 Å². The molecule has 1 fully saturated rings. The molecule has 6 nitrogen and oxygen atoms in total. The van der Waals surface area contributed by atoms with E-state index < -0.39 is 46.7 Å². The molecule has 1 saturated heterocycles. The van der Waals surface area contributed by atoms with Crippen LogP contribution in [0.1, 0.15) is 12.8 Å². The number of nitrogens with one attached hydrogen (secondary N) is 2. The van der Waals surface area contributed by atoms with Gasteiger partial charge in [0.05, 0.1) is 5.75 Å². The summed E-state index contributed by atoms with van der Waals surface area (Å²) in [6.45, 7) is 0.594. The fourth-order valence-corrected chi connectivity index (χ4v) is 3.65. The molecule has 118 valence electrons. The first-order valence-electron chi connectivity index (χ1n) is 6.16. The number of likely N-dealkylation sites (N-methyl/N-ethyl adjacent to an activating group) is 1. The Morgan fingerprint density at radius 3 is 2.65 bits per heavy atom. The Morgan fingerprint density at radius 2 is 2.10 bits per heavy atom. The monoisotopic (exact) mass is 317 g/mol. The summed E-state index contributed by atoms with van der Waals surface area (Å²) in [4.78, 5) is 11.6. The fraction of sp³-hybridized carbons (Fsp3) is 0.900. The first-order chi connectivity index (χ1) is 9.17. The first kappa shape index (κ1) is 17.2. The second kappa shape index (κ2) is 6.72. The SMILES string of the molecule is CNC(=O)C1CNCCN1S(=O)(=O)CCCC(F)(F)F. The van der Waals surface area contributed by atoms with Gasteiger partial charge in [-0.2, -0.15) is 17.5 Å². The molecule has 1 heterocycles. The lowest BCUT2D eigenvalue weighted by molar-refractivity contribution is -0.134. The average molecular weight is 317 g/mol. The van der Waals surface area contributed by atoms with E-state index in [0.29, 0.717) is 6.54 Å². The largest absolute Gasteiger partial charge is 0.389 e. The van der Waals surface area contributed by atoms with Crippen molar-refractivity contribution in [2.45, 2.75) is 25.1 Å². The van der Waals surface area contributed by atoms with E-state index in [1.54, 1.807) is 0 Å². The number of halogens is 3. The van der Waals surface area contributed by atoms with Crippen LogP contribution in [0.25, 0.3) is 0 Å². The van der Waals surface area contributed by atoms with Gasteiger partial charge in [0.2, 0.25) is 15.9 Å². The molecule has 2 N–H and O–H groups in total. The Balaban J connectivity index is 2.70. The number of hydrogen-bond acceptors (Lipinski definition) is 4. The van der Waals surface area contributed by atoms with Gasteiger partial charge in [-0.1, -0.05) is 0 Å². The quantitative estimate of drug-likeness (QED) is 0.728. The Morgan fingerprint density at radius 1 is 1.45 bits per heavy atom. The van der Waals surface area contributed by atoms with Crippen molar-refractivity contribution in [2.24, 2.45) is 0 Å². The van der Waals surface area contributed by atoms with Gasteiger partial charge in [0, 0.05) is 33.1 Å². The third-order valence-corrected chi connectivity index (χ3v) is 4.92. The van der Waals surface area contributed by atoms with E-state index >= 15 is 0 Å². The Hall–Kier alpha value is -0.870. The highest BCUT2D eigenvalue weighted by atomic mass is 32.2. The maximum absolute atomic E-state index is 12.1. The minimum atomic E-state index is -4.38. The lowest BCUT2D eigenvalue weighted by atomic mass is 10.2. The molecular formula is C10H18F3N3O3S. The number of amides is 1. The summed E-state index contributed by atoms with van der Waals surface area (Å²) < 4.78 is 61.2. The molecule has 0 saturated carbocycles. The molecule has 1 aliphatic rings. The number of alkyl halides is 3. The first-order valence-corrected chi connectivity index (χ1v) is 7.77. The molecule has 0 radical (unpaired) electrons. The van der Waals surface area contributed by atoms with Gasteiger partial charge in [-0.05, 0) is 6.42 Å². The minimum absolute atomic E-state index is 0.0758. The van der Waals surface area contributed by atoms with Gasteiger partial charge in [-0.3, -0.25) is 4.79 Å². The van der Waals surface area contributed by atoms with Crippen LogP contribution < -0.4 is 10.6 Å². The van der Waals surface area contributed by atoms with Crippen molar-refractivity contribution in [1.29, 1.82) is 0 Å². The Kier molecular flexibility index (Phi) is 5.78. The second-order valence-electron chi connectivity index (χ2n) is 4.48. The maximum Gasteiger partial charge on any atom is 0.389 e. The van der Waals surface area contributed by atoms with Crippen LogP contribution in [0.2, 0.25) is 0 Å². The van der Waals surface area contributed by atoms with Crippen molar-refractivity contribution in [3.05, 3.63) is 0 Å². The number of carbonyl (C=O) groups is 1. The van der Waals surface area contributed by atoms with Crippen LogP contribution in [-0.2, 0) is 14.8 Å². The van der Waals surface area contributed by atoms with Gasteiger partial charge in [-0.25, -0.2) is 8.42 Å². The van der Waals surface area contributed by atoms with Crippen molar-refractivity contribution in [2.75, 3.05) is 32.4 Å². The molecule has 1 unspecified atom stereocenters. The molecule has 0 aromatic heterocycles. The number of hydrogen-bond donors (Lipinski definition) is 2. The average Bonchev–Trinajstić information content (AvgIpc) is 2.36. The molecule has 10 heteroatoms. The van der Waals surface area contributed by atoms with Crippen molar-refractivity contribution < 1.29 is 26.4 Å². The van der Waals surface area contributed by atoms with E-state index in [4.69, 9.17) is 0 Å². The fourth-order valence-electron chi connectivity index (χ4n) is 1.98. The van der Waals surface area contributed by atoms with E-state index in [2.05, 4.69) is 10.6 Å². The number of piperazine rings is 1. The van der Waals surface area contributed by atoms with Crippen molar-refractivity contribution in [3.8, 4) is 0 Å². The van der Waals surface area contributed by atoms with Crippen LogP contribution in [0.5, 0.6) is 0 Å². The third-order valence-electron chi connectivity index (χ3n) is 2.96. The summed E-state index contributed by atoms with van der Waals surface area (Å²) in [6.07, 6.45) is -6.03. The Labute approximate surface area is 115 Å². The summed E-state index contributed by atoms with van der Waals surface area (Å²) in [5.74, 6) is -1.09. The van der Waals surface area contributed by atoms with Crippen molar-refractivity contribution >= 4 is 15.9 Å². The van der Waals surface area contributed by atoms with Crippen LogP contribution in [0, 0.1) is 0 Å². The highest BCUT2D eigenvalue weighted by Crippen LogP contribution is 2.22. The molecule has 1 aliphatic heterocycles. The van der Waals surface area contributed by atoms with E-state index in [-0.39, 0.29) is 13.1 Å². The minimum Gasteiger partial charge on any atom is -0.358 e. The van der Waals surface area contributed by atoms with E-state index in [1.165, 1.54) is 7.05 Å². The van der Waals surface area contributed by atoms with Crippen molar-refractivity contribution in [1.82, 2.24) is 14.9 Å². The maximum atomic E-state index is 12.1. The van der Waals surface area contributed by atoms with Crippen LogP contribution in [0.4, 0.5) is 13.2 Å². The summed E-state index contributed by atoms with van der Waals surface area (Å²) in [5.41, 5.74) is 0. The lowest BCUT2D eigenvalue weighted by Gasteiger charge is -2.33. The molecule has 0 aromatic rings. The zero-order valence-corrected chi connectivity index (χ0v) is 11.9. The topological polar surface area (TPSA) is 78.5 Å². The van der Waals surface area contributed by atoms with E-state index in [0.717, 1.165) is 4.31 Å². The van der Waals surface area contributed by atoms with Crippen LogP contribution in [-0.4, -0.2) is 63.3 Å². The number of sulfonamides is 1. The standard InChI is InChI=1S/C10H18F3N3O3S/c1-14-9(17)8-7-15-4-5-16(8)20(18,19)6-2-3-10(11,12)13/h8,15H,2-7H2,1H3,(H,14,17). The molecule has 1 rings (SSSR count). The Bertz CT molecular complexity index is 439. The highest BCUT2D eigenvalue weighted by molar-refractivity contribution is 7.89. The third kappa shape index (κ3) is 4.91. The van der Waals surface area contributed by atoms with Gasteiger partial charge in [-0.15, -0.1) is 0 Å². The van der Waals surface area contributed by atoms with Gasteiger partial charge < -0.3 is 10.6 Å². The molecule has 1 atom stereocenters. The molecule has 0 spiro atoms. The number of rotatable bonds is 5. The van der Waals surface area contributed by atoms with Crippen LogP contribution >= 0.6 is 0 Å². The number of carbonyl (C=O) groups excluding carboxylic acids is 1. The molecule has 0 bridgehead atoms. The van der Waals surface area contributed by atoms with E-state index in [1.807, 2.05) is 0 Å².